The van der Waals surface area contributed by atoms with Gasteiger partial charge in [-0.1, -0.05) is 50.8 Å². The van der Waals surface area contributed by atoms with E-state index < -0.39 is 0 Å². The minimum Gasteiger partial charge on any atom is -0.322 e. The first-order valence-electron chi connectivity index (χ1n) is 8.04. The lowest BCUT2D eigenvalue weighted by Crippen LogP contribution is -2.33. The molecule has 1 nitrogen and oxygen atoms in total. The zero-order chi connectivity index (χ0) is 13.7. The van der Waals surface area contributed by atoms with Crippen molar-refractivity contribution >= 4 is 0 Å². The molecule has 0 fully saturated rings. The first-order chi connectivity index (χ1) is 9.13. The molecule has 0 amide bonds. The number of fused-ring (bicyclic) bond motifs is 1. The number of aryl methyl sites for hydroxylation is 2. The monoisotopic (exact) mass is 259 g/mol. The first kappa shape index (κ1) is 14.6. The van der Waals surface area contributed by atoms with E-state index in [1.165, 1.54) is 56.9 Å². The maximum Gasteiger partial charge on any atom is 0.0381 e. The van der Waals surface area contributed by atoms with Crippen molar-refractivity contribution in [1.82, 2.24) is 0 Å². The third-order valence-electron chi connectivity index (χ3n) is 4.56. The predicted octanol–water partition coefficient (Wildman–Crippen LogP) is 4.71. The highest BCUT2D eigenvalue weighted by molar-refractivity contribution is 5.36. The molecule has 0 spiro atoms. The third kappa shape index (κ3) is 3.82. The molecule has 2 rings (SSSR count). The average molecular weight is 259 g/mol. The Morgan fingerprint density at radius 2 is 1.79 bits per heavy atom. The van der Waals surface area contributed by atoms with Crippen LogP contribution in [0.1, 0.15) is 75.5 Å². The molecule has 0 aromatic heterocycles. The molecular formula is C18H29N. The molecule has 1 atom stereocenters. The Labute approximate surface area is 118 Å². The van der Waals surface area contributed by atoms with Crippen LogP contribution in [0.25, 0.3) is 0 Å². The molecule has 1 heteroatoms. The minimum atomic E-state index is -0.153. The van der Waals surface area contributed by atoms with Crippen molar-refractivity contribution in [3.63, 3.8) is 0 Å². The molecule has 0 saturated heterocycles. The molecule has 0 bridgehead atoms. The van der Waals surface area contributed by atoms with E-state index in [-0.39, 0.29) is 5.54 Å². The highest BCUT2D eigenvalue weighted by atomic mass is 14.7. The van der Waals surface area contributed by atoms with Gasteiger partial charge in [-0.15, -0.1) is 0 Å². The van der Waals surface area contributed by atoms with Crippen LogP contribution >= 0.6 is 0 Å². The van der Waals surface area contributed by atoms with E-state index in [1.807, 2.05) is 0 Å². The second-order valence-electron chi connectivity index (χ2n) is 6.42. The molecule has 106 valence electrons. The quantitative estimate of drug-likeness (QED) is 0.736. The van der Waals surface area contributed by atoms with Crippen molar-refractivity contribution in [3.05, 3.63) is 34.9 Å². The van der Waals surface area contributed by atoms with Gasteiger partial charge in [0.2, 0.25) is 0 Å². The van der Waals surface area contributed by atoms with Crippen LogP contribution in [-0.2, 0) is 18.4 Å². The van der Waals surface area contributed by atoms with E-state index >= 15 is 0 Å². The normalized spacial score (nSPS) is 17.8. The van der Waals surface area contributed by atoms with Crippen LogP contribution in [0, 0.1) is 0 Å². The van der Waals surface area contributed by atoms with Crippen molar-refractivity contribution in [2.24, 2.45) is 5.73 Å². The molecule has 1 aromatic rings. The maximum absolute atomic E-state index is 6.55. The summed E-state index contributed by atoms with van der Waals surface area (Å²) < 4.78 is 0. The minimum absolute atomic E-state index is 0.153. The van der Waals surface area contributed by atoms with E-state index in [0.29, 0.717) is 0 Å². The van der Waals surface area contributed by atoms with E-state index in [1.54, 1.807) is 11.1 Å². The smallest absolute Gasteiger partial charge is 0.0381 e. The standard InChI is InChI=1S/C18H29N/c1-3-4-5-8-13-18(2,19)17-12-11-15-9-6-7-10-16(15)14-17/h11-12,14H,3-10,13,19H2,1-2H3. The van der Waals surface area contributed by atoms with Crippen molar-refractivity contribution in [2.45, 2.75) is 77.2 Å². The van der Waals surface area contributed by atoms with Crippen molar-refractivity contribution in [1.29, 1.82) is 0 Å². The summed E-state index contributed by atoms with van der Waals surface area (Å²) >= 11 is 0. The molecule has 0 radical (unpaired) electrons. The summed E-state index contributed by atoms with van der Waals surface area (Å²) in [6.07, 6.45) is 11.5. The Hall–Kier alpha value is -0.820. The van der Waals surface area contributed by atoms with E-state index in [0.717, 1.165) is 6.42 Å². The highest BCUT2D eigenvalue weighted by Crippen LogP contribution is 2.29. The van der Waals surface area contributed by atoms with Crippen LogP contribution in [-0.4, -0.2) is 0 Å². The highest BCUT2D eigenvalue weighted by Gasteiger charge is 2.22. The van der Waals surface area contributed by atoms with E-state index in [2.05, 4.69) is 32.0 Å². The summed E-state index contributed by atoms with van der Waals surface area (Å²) in [5, 5.41) is 0. The maximum atomic E-state index is 6.55. The van der Waals surface area contributed by atoms with Crippen LogP contribution in [0.3, 0.4) is 0 Å². The lowest BCUT2D eigenvalue weighted by Gasteiger charge is -2.27. The molecule has 1 unspecified atom stereocenters. The summed E-state index contributed by atoms with van der Waals surface area (Å²) in [4.78, 5) is 0. The zero-order valence-electron chi connectivity index (χ0n) is 12.7. The second kappa shape index (κ2) is 6.56. The van der Waals surface area contributed by atoms with Gasteiger partial charge in [-0.25, -0.2) is 0 Å². The van der Waals surface area contributed by atoms with E-state index in [4.69, 9.17) is 5.73 Å². The van der Waals surface area contributed by atoms with Crippen LogP contribution in [0.2, 0.25) is 0 Å². The van der Waals surface area contributed by atoms with Crippen LogP contribution in [0.15, 0.2) is 18.2 Å². The fraction of sp³-hybridized carbons (Fsp3) is 0.667. The van der Waals surface area contributed by atoms with Gasteiger partial charge < -0.3 is 5.73 Å². The summed E-state index contributed by atoms with van der Waals surface area (Å²) in [7, 11) is 0. The fourth-order valence-corrected chi connectivity index (χ4v) is 3.15. The number of rotatable bonds is 6. The summed E-state index contributed by atoms with van der Waals surface area (Å²) in [5.41, 5.74) is 10.8. The molecule has 1 aliphatic carbocycles. The Balaban J connectivity index is 2.03. The van der Waals surface area contributed by atoms with Gasteiger partial charge in [0.1, 0.15) is 0 Å². The van der Waals surface area contributed by atoms with Crippen LogP contribution < -0.4 is 5.73 Å². The number of unbranched alkanes of at least 4 members (excludes halogenated alkanes) is 3. The fourth-order valence-electron chi connectivity index (χ4n) is 3.15. The molecule has 1 aromatic carbocycles. The molecule has 0 heterocycles. The van der Waals surface area contributed by atoms with Gasteiger partial charge >= 0.3 is 0 Å². The Morgan fingerprint density at radius 3 is 2.53 bits per heavy atom. The van der Waals surface area contributed by atoms with Gasteiger partial charge in [-0.3, -0.25) is 0 Å². The van der Waals surface area contributed by atoms with Crippen molar-refractivity contribution in [3.8, 4) is 0 Å². The van der Waals surface area contributed by atoms with Crippen LogP contribution in [0.5, 0.6) is 0 Å². The van der Waals surface area contributed by atoms with Gasteiger partial charge in [0.05, 0.1) is 0 Å². The molecule has 19 heavy (non-hydrogen) atoms. The number of nitrogens with two attached hydrogens (primary N) is 1. The Kier molecular flexibility index (Phi) is 5.04. The molecule has 0 saturated carbocycles. The predicted molar refractivity (Wildman–Crippen MR) is 83.4 cm³/mol. The van der Waals surface area contributed by atoms with Crippen molar-refractivity contribution in [2.75, 3.05) is 0 Å². The summed E-state index contributed by atoms with van der Waals surface area (Å²) in [5.74, 6) is 0. The zero-order valence-corrected chi connectivity index (χ0v) is 12.7. The Bertz CT molecular complexity index is 406. The molecule has 2 N–H and O–H groups in total. The largest absolute Gasteiger partial charge is 0.322 e. The molecule has 0 aliphatic heterocycles. The van der Waals surface area contributed by atoms with E-state index in [9.17, 15) is 0 Å². The topological polar surface area (TPSA) is 26.0 Å². The average Bonchev–Trinajstić information content (AvgIpc) is 2.43. The van der Waals surface area contributed by atoms with Crippen LogP contribution in [0.4, 0.5) is 0 Å². The molecular weight excluding hydrogens is 230 g/mol. The first-order valence-corrected chi connectivity index (χ1v) is 8.04. The van der Waals surface area contributed by atoms with Gasteiger partial charge in [-0.2, -0.15) is 0 Å². The SMILES string of the molecule is CCCCCCC(C)(N)c1ccc2c(c1)CCCC2. The number of hydrogen-bond donors (Lipinski definition) is 1. The third-order valence-corrected chi connectivity index (χ3v) is 4.56. The van der Waals surface area contributed by atoms with Crippen molar-refractivity contribution < 1.29 is 0 Å². The summed E-state index contributed by atoms with van der Waals surface area (Å²) in [6, 6.07) is 6.97. The van der Waals surface area contributed by atoms with Gasteiger partial charge in [0, 0.05) is 5.54 Å². The lowest BCUT2D eigenvalue weighted by atomic mass is 9.83. The van der Waals surface area contributed by atoms with Gasteiger partial charge in [-0.05, 0) is 55.7 Å². The number of benzene rings is 1. The van der Waals surface area contributed by atoms with Gasteiger partial charge in [0.15, 0.2) is 0 Å². The van der Waals surface area contributed by atoms with Gasteiger partial charge in [0.25, 0.3) is 0 Å². The Morgan fingerprint density at radius 1 is 1.05 bits per heavy atom. The second-order valence-corrected chi connectivity index (χ2v) is 6.42. The molecule has 1 aliphatic rings. The number of hydrogen-bond acceptors (Lipinski definition) is 1. The lowest BCUT2D eigenvalue weighted by molar-refractivity contribution is 0.423. The summed E-state index contributed by atoms with van der Waals surface area (Å²) in [6.45, 7) is 4.45.